The second-order valence-electron chi connectivity index (χ2n) is 3.67. The van der Waals surface area contributed by atoms with E-state index in [1.807, 2.05) is 18.2 Å². The fraction of sp³-hybridized carbons (Fsp3) is 0.167. The van der Waals surface area contributed by atoms with Gasteiger partial charge in [-0.3, -0.25) is 0 Å². The zero-order valence-electron chi connectivity index (χ0n) is 9.01. The van der Waals surface area contributed by atoms with E-state index in [4.69, 9.17) is 11.6 Å². The molecule has 1 heterocycles. The van der Waals surface area contributed by atoms with E-state index in [2.05, 4.69) is 55.5 Å². The highest BCUT2D eigenvalue weighted by atomic mass is 79.9. The summed E-state index contributed by atoms with van der Waals surface area (Å²) in [7, 11) is 0. The molecular formula is C12H10Br2ClNS. The molecule has 0 bridgehead atoms. The minimum absolute atomic E-state index is 0.226. The third kappa shape index (κ3) is 3.47. The van der Waals surface area contributed by atoms with Crippen molar-refractivity contribution in [1.29, 1.82) is 0 Å². The molecule has 0 aliphatic rings. The smallest absolute Gasteiger partial charge is 0.0931 e. The van der Waals surface area contributed by atoms with Crippen molar-refractivity contribution in [2.75, 3.05) is 5.32 Å². The summed E-state index contributed by atoms with van der Waals surface area (Å²) in [6.07, 6.45) is 0. The minimum Gasteiger partial charge on any atom is -0.378 e. The monoisotopic (exact) mass is 393 g/mol. The third-order valence-corrected chi connectivity index (χ3v) is 4.68. The molecule has 1 aromatic carbocycles. The quantitative estimate of drug-likeness (QED) is 0.662. The molecule has 0 spiro atoms. The van der Waals surface area contributed by atoms with Crippen LogP contribution in [0.3, 0.4) is 0 Å². The van der Waals surface area contributed by atoms with E-state index in [1.165, 1.54) is 5.56 Å². The Balaban J connectivity index is 2.18. The van der Waals surface area contributed by atoms with E-state index < -0.39 is 0 Å². The van der Waals surface area contributed by atoms with Gasteiger partial charge in [0.25, 0.3) is 0 Å². The van der Waals surface area contributed by atoms with Gasteiger partial charge in [-0.15, -0.1) is 11.3 Å². The van der Waals surface area contributed by atoms with E-state index in [9.17, 15) is 0 Å². The van der Waals surface area contributed by atoms with Crippen LogP contribution in [0.5, 0.6) is 0 Å². The van der Waals surface area contributed by atoms with Gasteiger partial charge >= 0.3 is 0 Å². The van der Waals surface area contributed by atoms with Crippen molar-refractivity contribution >= 4 is 60.5 Å². The number of rotatable bonds is 3. The average Bonchev–Trinajstić information content (AvgIpc) is 2.70. The molecule has 5 heteroatoms. The van der Waals surface area contributed by atoms with Gasteiger partial charge in [0.15, 0.2) is 0 Å². The Hall–Kier alpha value is -0.0300. The molecule has 90 valence electrons. The van der Waals surface area contributed by atoms with Gasteiger partial charge in [-0.05, 0) is 58.1 Å². The summed E-state index contributed by atoms with van der Waals surface area (Å²) in [6, 6.07) is 8.29. The van der Waals surface area contributed by atoms with Crippen molar-refractivity contribution < 1.29 is 0 Å². The molecule has 2 rings (SSSR count). The van der Waals surface area contributed by atoms with Crippen LogP contribution in [0.25, 0.3) is 0 Å². The summed E-state index contributed by atoms with van der Waals surface area (Å²) in [5.74, 6) is 0. The van der Waals surface area contributed by atoms with Crippen molar-refractivity contribution in [1.82, 2.24) is 0 Å². The van der Waals surface area contributed by atoms with E-state index in [0.717, 1.165) is 19.0 Å². The second kappa shape index (κ2) is 5.74. The predicted molar refractivity (Wildman–Crippen MR) is 83.2 cm³/mol. The molecule has 1 N–H and O–H groups in total. The zero-order chi connectivity index (χ0) is 12.4. The Morgan fingerprint density at radius 3 is 2.71 bits per heavy atom. The fourth-order valence-electron chi connectivity index (χ4n) is 1.48. The molecular weight excluding hydrogens is 385 g/mol. The second-order valence-corrected chi connectivity index (χ2v) is 6.99. The maximum Gasteiger partial charge on any atom is 0.0931 e. The van der Waals surface area contributed by atoms with Crippen LogP contribution < -0.4 is 5.32 Å². The lowest BCUT2D eigenvalue weighted by Gasteiger charge is -2.15. The number of benzene rings is 1. The molecule has 1 unspecified atom stereocenters. The summed E-state index contributed by atoms with van der Waals surface area (Å²) < 4.78 is 2.93. The molecule has 0 fully saturated rings. The van der Waals surface area contributed by atoms with Crippen LogP contribution in [0.2, 0.25) is 4.34 Å². The van der Waals surface area contributed by atoms with Crippen LogP contribution in [-0.4, -0.2) is 0 Å². The van der Waals surface area contributed by atoms with Crippen LogP contribution in [0.15, 0.2) is 38.6 Å². The summed E-state index contributed by atoms with van der Waals surface area (Å²) >= 11 is 14.5. The summed E-state index contributed by atoms with van der Waals surface area (Å²) in [5.41, 5.74) is 2.26. The number of nitrogens with one attached hydrogen (secondary N) is 1. The molecule has 1 atom stereocenters. The van der Waals surface area contributed by atoms with Crippen molar-refractivity contribution in [2.45, 2.75) is 13.0 Å². The molecule has 1 nitrogen and oxygen atoms in total. The van der Waals surface area contributed by atoms with E-state index >= 15 is 0 Å². The molecule has 2 aromatic rings. The summed E-state index contributed by atoms with van der Waals surface area (Å²) in [6.45, 7) is 2.12. The highest BCUT2D eigenvalue weighted by molar-refractivity contribution is 9.11. The summed E-state index contributed by atoms with van der Waals surface area (Å²) in [4.78, 5) is 0. The third-order valence-electron chi connectivity index (χ3n) is 2.39. The lowest BCUT2D eigenvalue weighted by molar-refractivity contribution is 0.889. The van der Waals surface area contributed by atoms with Crippen LogP contribution in [0.4, 0.5) is 5.69 Å². The molecule has 0 radical (unpaired) electrons. The van der Waals surface area contributed by atoms with Crippen molar-refractivity contribution in [3.05, 3.63) is 48.5 Å². The maximum absolute atomic E-state index is 5.94. The number of hydrogen-bond acceptors (Lipinski definition) is 2. The van der Waals surface area contributed by atoms with Crippen molar-refractivity contribution in [2.24, 2.45) is 0 Å². The Morgan fingerprint density at radius 2 is 2.06 bits per heavy atom. The fourth-order valence-corrected chi connectivity index (χ4v) is 3.18. The predicted octanol–water partition coefficient (Wildman–Crippen LogP) is 6.10. The lowest BCUT2D eigenvalue weighted by Crippen LogP contribution is -2.05. The Bertz CT molecular complexity index is 527. The molecule has 0 aliphatic carbocycles. The van der Waals surface area contributed by atoms with Crippen LogP contribution in [0.1, 0.15) is 18.5 Å². The van der Waals surface area contributed by atoms with Gasteiger partial charge < -0.3 is 5.32 Å². The van der Waals surface area contributed by atoms with Gasteiger partial charge in [0, 0.05) is 15.0 Å². The summed E-state index contributed by atoms with van der Waals surface area (Å²) in [5, 5.41) is 5.53. The van der Waals surface area contributed by atoms with Gasteiger partial charge in [-0.1, -0.05) is 27.5 Å². The van der Waals surface area contributed by atoms with E-state index in [0.29, 0.717) is 0 Å². The van der Waals surface area contributed by atoms with Crippen LogP contribution >= 0.6 is 54.8 Å². The standard InChI is InChI=1S/C12H10Br2ClNS/c1-7(8-4-12(15)17-6-8)16-11-5-9(13)2-3-10(11)14/h2-7,16H,1H3. The Kier molecular flexibility index (Phi) is 4.53. The number of hydrogen-bond donors (Lipinski definition) is 1. The number of anilines is 1. The highest BCUT2D eigenvalue weighted by Crippen LogP contribution is 2.31. The number of thiophene rings is 1. The normalized spacial score (nSPS) is 12.5. The van der Waals surface area contributed by atoms with Gasteiger partial charge in [0.2, 0.25) is 0 Å². The van der Waals surface area contributed by atoms with Gasteiger partial charge in [0.1, 0.15) is 0 Å². The average molecular weight is 396 g/mol. The molecule has 17 heavy (non-hydrogen) atoms. The van der Waals surface area contributed by atoms with Crippen LogP contribution in [-0.2, 0) is 0 Å². The minimum atomic E-state index is 0.226. The largest absolute Gasteiger partial charge is 0.378 e. The SMILES string of the molecule is CC(Nc1cc(Br)ccc1Br)c1csc(Cl)c1. The Morgan fingerprint density at radius 1 is 1.29 bits per heavy atom. The zero-order valence-corrected chi connectivity index (χ0v) is 13.8. The number of halogens is 3. The van der Waals surface area contributed by atoms with Gasteiger partial charge in [0.05, 0.1) is 10.0 Å². The van der Waals surface area contributed by atoms with Crippen molar-refractivity contribution in [3.8, 4) is 0 Å². The molecule has 0 aliphatic heterocycles. The molecule has 0 amide bonds. The Labute approximate surface area is 126 Å². The first-order chi connectivity index (χ1) is 8.06. The topological polar surface area (TPSA) is 12.0 Å². The van der Waals surface area contributed by atoms with Crippen LogP contribution in [0, 0.1) is 0 Å². The first-order valence-corrected chi connectivity index (χ1v) is 7.86. The van der Waals surface area contributed by atoms with Gasteiger partial charge in [-0.25, -0.2) is 0 Å². The molecule has 0 saturated carbocycles. The van der Waals surface area contributed by atoms with Gasteiger partial charge in [-0.2, -0.15) is 0 Å². The molecule has 1 aromatic heterocycles. The molecule has 0 saturated heterocycles. The maximum atomic E-state index is 5.94. The first kappa shape index (κ1) is 13.4. The van der Waals surface area contributed by atoms with Crippen molar-refractivity contribution in [3.63, 3.8) is 0 Å². The van der Waals surface area contributed by atoms with E-state index in [1.54, 1.807) is 11.3 Å². The lowest BCUT2D eigenvalue weighted by atomic mass is 10.1. The first-order valence-electron chi connectivity index (χ1n) is 5.02. The van der Waals surface area contributed by atoms with E-state index in [-0.39, 0.29) is 6.04 Å². The highest BCUT2D eigenvalue weighted by Gasteiger charge is 2.09.